The third kappa shape index (κ3) is 4.52. The number of rotatable bonds is 5. The first-order chi connectivity index (χ1) is 13.5. The smallest absolute Gasteiger partial charge is 0.310 e. The van der Waals surface area contributed by atoms with E-state index >= 15 is 0 Å². The average Bonchev–Trinajstić information content (AvgIpc) is 3.28. The number of hydrogen-bond acceptors (Lipinski definition) is 4. The van der Waals surface area contributed by atoms with E-state index in [1.54, 1.807) is 7.05 Å². The lowest BCUT2D eigenvalue weighted by Gasteiger charge is -2.21. The second kappa shape index (κ2) is 8.91. The Balaban J connectivity index is 1.61. The fourth-order valence-corrected chi connectivity index (χ4v) is 3.72. The van der Waals surface area contributed by atoms with Gasteiger partial charge in [0.2, 0.25) is 0 Å². The zero-order valence-corrected chi connectivity index (χ0v) is 17.1. The molecular formula is C21H29N5O2. The molecule has 0 spiro atoms. The normalized spacial score (nSPS) is 19.7. The van der Waals surface area contributed by atoms with Gasteiger partial charge in [-0.3, -0.25) is 9.79 Å². The molecule has 1 aromatic carbocycles. The van der Waals surface area contributed by atoms with Gasteiger partial charge < -0.3 is 19.5 Å². The van der Waals surface area contributed by atoms with Crippen LogP contribution in [0.25, 0.3) is 0 Å². The fraction of sp³-hybridized carbons (Fsp3) is 0.476. The molecule has 0 radical (unpaired) electrons. The van der Waals surface area contributed by atoms with E-state index in [-0.39, 0.29) is 17.8 Å². The Morgan fingerprint density at radius 2 is 2.14 bits per heavy atom. The molecule has 1 saturated heterocycles. The van der Waals surface area contributed by atoms with Crippen molar-refractivity contribution in [1.82, 2.24) is 19.8 Å². The van der Waals surface area contributed by atoms with Gasteiger partial charge in [0, 0.05) is 45.6 Å². The number of aryl methyl sites for hydroxylation is 1. The first-order valence-electron chi connectivity index (χ1n) is 9.60. The Morgan fingerprint density at radius 1 is 1.36 bits per heavy atom. The summed E-state index contributed by atoms with van der Waals surface area (Å²) in [5.74, 6) is 1.81. The molecule has 0 amide bonds. The Morgan fingerprint density at radius 3 is 2.82 bits per heavy atom. The second-order valence-corrected chi connectivity index (χ2v) is 7.33. The number of aromatic nitrogens is 2. The third-order valence-electron chi connectivity index (χ3n) is 5.35. The average molecular weight is 383 g/mol. The number of esters is 1. The number of methoxy groups -OCH3 is 1. The summed E-state index contributed by atoms with van der Waals surface area (Å²) in [4.78, 5) is 22.7. The summed E-state index contributed by atoms with van der Waals surface area (Å²) in [6.45, 7) is 6.99. The Labute approximate surface area is 166 Å². The molecule has 3 rings (SSSR count). The quantitative estimate of drug-likeness (QED) is 0.486. The number of nitrogens with one attached hydrogen (secondary N) is 1. The van der Waals surface area contributed by atoms with Crippen LogP contribution in [0.5, 0.6) is 0 Å². The number of carbonyl (C=O) groups excluding carboxylic acids is 1. The number of benzene rings is 1. The fourth-order valence-electron chi connectivity index (χ4n) is 3.72. The van der Waals surface area contributed by atoms with Crippen molar-refractivity contribution in [3.05, 3.63) is 53.6 Å². The van der Waals surface area contributed by atoms with Crippen molar-refractivity contribution in [2.75, 3.05) is 27.2 Å². The maximum atomic E-state index is 11.9. The molecule has 1 fully saturated rings. The van der Waals surface area contributed by atoms with Gasteiger partial charge in [0.05, 0.1) is 13.0 Å². The van der Waals surface area contributed by atoms with Crippen molar-refractivity contribution in [3.8, 4) is 0 Å². The van der Waals surface area contributed by atoms with Crippen LogP contribution >= 0.6 is 0 Å². The summed E-state index contributed by atoms with van der Waals surface area (Å²) >= 11 is 0. The lowest BCUT2D eigenvalue weighted by Crippen LogP contribution is -2.40. The molecule has 28 heavy (non-hydrogen) atoms. The molecule has 150 valence electrons. The minimum atomic E-state index is -0.145. The minimum Gasteiger partial charge on any atom is -0.469 e. The molecular weight excluding hydrogens is 354 g/mol. The van der Waals surface area contributed by atoms with Crippen molar-refractivity contribution < 1.29 is 9.53 Å². The molecule has 7 heteroatoms. The lowest BCUT2D eigenvalue weighted by molar-refractivity contribution is -0.145. The van der Waals surface area contributed by atoms with Crippen LogP contribution in [0.15, 0.2) is 41.7 Å². The van der Waals surface area contributed by atoms with E-state index in [0.29, 0.717) is 13.1 Å². The van der Waals surface area contributed by atoms with Gasteiger partial charge in [-0.25, -0.2) is 4.98 Å². The zero-order valence-electron chi connectivity index (χ0n) is 17.1. The largest absolute Gasteiger partial charge is 0.469 e. The number of ether oxygens (including phenoxy) is 1. The summed E-state index contributed by atoms with van der Waals surface area (Å²) < 4.78 is 7.06. The molecule has 1 aliphatic heterocycles. The number of carbonyl (C=O) groups is 1. The molecule has 0 saturated carbocycles. The molecule has 2 unspecified atom stereocenters. The van der Waals surface area contributed by atoms with E-state index in [0.717, 1.165) is 24.9 Å². The summed E-state index contributed by atoms with van der Waals surface area (Å²) in [5.41, 5.74) is 2.42. The number of likely N-dealkylation sites (tertiary alicyclic amines) is 1. The van der Waals surface area contributed by atoms with E-state index < -0.39 is 0 Å². The van der Waals surface area contributed by atoms with E-state index in [2.05, 4.69) is 55.9 Å². The highest BCUT2D eigenvalue weighted by molar-refractivity contribution is 5.82. The SMILES string of the molecule is CN=C(NCc1cccc(Cn2ccnc2C)c1)N1CC(C)C(C(=O)OC)C1. The molecule has 2 atom stereocenters. The highest BCUT2D eigenvalue weighted by Crippen LogP contribution is 2.24. The summed E-state index contributed by atoms with van der Waals surface area (Å²) in [6.07, 6.45) is 3.82. The van der Waals surface area contributed by atoms with Crippen LogP contribution in [0.4, 0.5) is 0 Å². The summed E-state index contributed by atoms with van der Waals surface area (Å²) in [6, 6.07) is 8.51. The van der Waals surface area contributed by atoms with Crippen LogP contribution in [0.2, 0.25) is 0 Å². The van der Waals surface area contributed by atoms with Gasteiger partial charge in [0.25, 0.3) is 0 Å². The number of guanidine groups is 1. The molecule has 2 heterocycles. The maximum Gasteiger partial charge on any atom is 0.310 e. The molecule has 0 aliphatic carbocycles. The van der Waals surface area contributed by atoms with E-state index in [4.69, 9.17) is 4.74 Å². The molecule has 2 aromatic rings. The van der Waals surface area contributed by atoms with Gasteiger partial charge in [-0.2, -0.15) is 0 Å². The Kier molecular flexibility index (Phi) is 6.34. The van der Waals surface area contributed by atoms with Crippen LogP contribution in [0.1, 0.15) is 23.9 Å². The monoisotopic (exact) mass is 383 g/mol. The van der Waals surface area contributed by atoms with E-state index in [9.17, 15) is 4.79 Å². The van der Waals surface area contributed by atoms with Crippen LogP contribution in [0, 0.1) is 18.8 Å². The second-order valence-electron chi connectivity index (χ2n) is 7.33. The van der Waals surface area contributed by atoms with Gasteiger partial charge in [-0.05, 0) is 24.0 Å². The van der Waals surface area contributed by atoms with Gasteiger partial charge in [-0.1, -0.05) is 31.2 Å². The molecule has 1 N–H and O–H groups in total. The molecule has 1 aromatic heterocycles. The molecule has 0 bridgehead atoms. The van der Waals surface area contributed by atoms with Crippen molar-refractivity contribution in [3.63, 3.8) is 0 Å². The van der Waals surface area contributed by atoms with Crippen molar-refractivity contribution in [1.29, 1.82) is 0 Å². The summed E-state index contributed by atoms with van der Waals surface area (Å²) in [5, 5.41) is 3.43. The van der Waals surface area contributed by atoms with Gasteiger partial charge >= 0.3 is 5.97 Å². The highest BCUT2D eigenvalue weighted by atomic mass is 16.5. The standard InChI is InChI=1S/C21H29N5O2/c1-15-12-26(14-19(15)20(27)28-4)21(22-3)24-11-17-6-5-7-18(10-17)13-25-9-8-23-16(25)2/h5-10,15,19H,11-14H2,1-4H3,(H,22,24). The van der Waals surface area contributed by atoms with Crippen molar-refractivity contribution in [2.45, 2.75) is 26.9 Å². The number of aliphatic imine (C=N–C) groups is 1. The van der Waals surface area contributed by atoms with Crippen molar-refractivity contribution >= 4 is 11.9 Å². The predicted octanol–water partition coefficient (Wildman–Crippen LogP) is 2.06. The van der Waals surface area contributed by atoms with Gasteiger partial charge in [0.15, 0.2) is 5.96 Å². The van der Waals surface area contributed by atoms with Crippen LogP contribution in [-0.4, -0.2) is 53.6 Å². The van der Waals surface area contributed by atoms with Gasteiger partial charge in [-0.15, -0.1) is 0 Å². The number of hydrogen-bond donors (Lipinski definition) is 1. The predicted molar refractivity (Wildman–Crippen MR) is 109 cm³/mol. The maximum absolute atomic E-state index is 11.9. The van der Waals surface area contributed by atoms with Crippen LogP contribution in [-0.2, 0) is 22.6 Å². The van der Waals surface area contributed by atoms with Crippen LogP contribution < -0.4 is 5.32 Å². The topological polar surface area (TPSA) is 71.8 Å². The zero-order chi connectivity index (χ0) is 20.1. The molecule has 7 nitrogen and oxygen atoms in total. The molecule has 1 aliphatic rings. The van der Waals surface area contributed by atoms with Crippen LogP contribution in [0.3, 0.4) is 0 Å². The first kappa shape index (κ1) is 19.9. The highest BCUT2D eigenvalue weighted by Gasteiger charge is 2.36. The van der Waals surface area contributed by atoms with E-state index in [1.165, 1.54) is 18.2 Å². The number of imidazole rings is 1. The Bertz CT molecular complexity index is 845. The number of nitrogens with zero attached hydrogens (tertiary/aromatic N) is 4. The Hall–Kier alpha value is -2.83. The summed E-state index contributed by atoms with van der Waals surface area (Å²) in [7, 11) is 3.22. The first-order valence-corrected chi connectivity index (χ1v) is 9.60. The lowest BCUT2D eigenvalue weighted by atomic mass is 9.99. The minimum absolute atomic E-state index is 0.106. The third-order valence-corrected chi connectivity index (χ3v) is 5.35. The van der Waals surface area contributed by atoms with Gasteiger partial charge in [0.1, 0.15) is 5.82 Å². The van der Waals surface area contributed by atoms with E-state index in [1.807, 2.05) is 19.3 Å². The van der Waals surface area contributed by atoms with Crippen molar-refractivity contribution in [2.24, 2.45) is 16.8 Å².